The first kappa shape index (κ1) is 23.5. The zero-order valence-corrected chi connectivity index (χ0v) is 18.0. The number of hydrogen-bond acceptors (Lipinski definition) is 6. The van der Waals surface area contributed by atoms with E-state index >= 15 is 0 Å². The molecule has 2 aromatic carbocycles. The quantitative estimate of drug-likeness (QED) is 0.199. The molecular weight excluding hydrogens is 470 g/mol. The summed E-state index contributed by atoms with van der Waals surface area (Å²) in [6.07, 6.45) is -1.56. The predicted octanol–water partition coefficient (Wildman–Crippen LogP) is 5.47. The molecule has 4 N–H and O–H groups in total. The Morgan fingerprint density at radius 3 is 2.47 bits per heavy atom. The van der Waals surface area contributed by atoms with Crippen LogP contribution in [0.25, 0.3) is 22.2 Å². The van der Waals surface area contributed by atoms with Crippen LogP contribution in [0.4, 0.5) is 29.1 Å². The molecule has 12 heteroatoms. The molecule has 0 amide bonds. The normalized spacial score (nSPS) is 11.2. The van der Waals surface area contributed by atoms with E-state index in [9.17, 15) is 17.6 Å². The third kappa shape index (κ3) is 5.17. The summed E-state index contributed by atoms with van der Waals surface area (Å²) in [6.45, 7) is 0. The average molecular weight is 486 g/mol. The Kier molecular flexibility index (Phi) is 6.70. The molecule has 0 atom stereocenters. The number of nitrogens with two attached hydrogens (primary N) is 2. The van der Waals surface area contributed by atoms with Crippen LogP contribution in [0.2, 0.25) is 5.02 Å². The maximum Gasteiger partial charge on any atom is 0.573 e. The number of halogens is 5. The average Bonchev–Trinajstić information content (AvgIpc) is 3.04. The molecule has 2 aromatic heterocycles. The van der Waals surface area contributed by atoms with Crippen molar-refractivity contribution in [2.45, 2.75) is 11.3 Å². The molecule has 2 heterocycles. The topological polar surface area (TPSA) is 92.0 Å². The van der Waals surface area contributed by atoms with Gasteiger partial charge in [0.05, 0.1) is 16.1 Å². The Balaban J connectivity index is 0.000000195. The summed E-state index contributed by atoms with van der Waals surface area (Å²) in [5.41, 5.74) is 13.3. The van der Waals surface area contributed by atoms with Gasteiger partial charge in [-0.1, -0.05) is 23.7 Å². The van der Waals surface area contributed by atoms with Gasteiger partial charge in [0.1, 0.15) is 23.5 Å². The van der Waals surface area contributed by atoms with Gasteiger partial charge in [-0.25, -0.2) is 14.4 Å². The van der Waals surface area contributed by atoms with Gasteiger partial charge in [-0.2, -0.15) is 0 Å². The first-order valence-corrected chi connectivity index (χ1v) is 9.64. The lowest BCUT2D eigenvalue weighted by Crippen LogP contribution is -2.17. The van der Waals surface area contributed by atoms with Crippen LogP contribution in [-0.2, 0) is 7.05 Å². The molecule has 0 bridgehead atoms. The Hall–Kier alpha value is -3.18. The molecule has 0 unspecified atom stereocenters. The van der Waals surface area contributed by atoms with E-state index in [4.69, 9.17) is 23.1 Å². The molecule has 0 radical (unpaired) electrons. The monoisotopic (exact) mass is 485 g/mol. The number of anilines is 2. The number of nitrogen functional groups attached to an aromatic ring is 2. The van der Waals surface area contributed by atoms with E-state index in [-0.39, 0.29) is 10.7 Å². The number of thiol groups is 1. The van der Waals surface area contributed by atoms with Gasteiger partial charge in [0.15, 0.2) is 5.82 Å². The van der Waals surface area contributed by atoms with Crippen molar-refractivity contribution >= 4 is 46.8 Å². The van der Waals surface area contributed by atoms with Crippen molar-refractivity contribution in [2.24, 2.45) is 7.05 Å². The van der Waals surface area contributed by atoms with Crippen molar-refractivity contribution in [3.8, 4) is 16.9 Å². The molecule has 168 valence electrons. The van der Waals surface area contributed by atoms with E-state index in [2.05, 4.69) is 27.3 Å². The minimum atomic E-state index is -4.72. The van der Waals surface area contributed by atoms with E-state index < -0.39 is 17.9 Å². The second-order valence-corrected chi connectivity index (χ2v) is 7.41. The van der Waals surface area contributed by atoms with Crippen LogP contribution in [0.1, 0.15) is 0 Å². The second-order valence-electron chi connectivity index (χ2n) is 6.48. The fourth-order valence-electron chi connectivity index (χ4n) is 2.89. The number of nitrogens with zero attached hydrogens (tertiary/aromatic N) is 3. The van der Waals surface area contributed by atoms with E-state index in [0.717, 1.165) is 6.07 Å². The molecular formula is C20H16ClF4N5OS. The van der Waals surface area contributed by atoms with Crippen LogP contribution in [0.3, 0.4) is 0 Å². The van der Waals surface area contributed by atoms with Gasteiger partial charge in [0, 0.05) is 29.3 Å². The lowest BCUT2D eigenvalue weighted by molar-refractivity contribution is -0.274. The first-order valence-electron chi connectivity index (χ1n) is 8.82. The summed E-state index contributed by atoms with van der Waals surface area (Å²) in [6, 6.07) is 8.61. The minimum Gasteiger partial charge on any atom is -0.404 e. The molecule has 32 heavy (non-hydrogen) atoms. The molecule has 0 aliphatic carbocycles. The van der Waals surface area contributed by atoms with Crippen LogP contribution in [0.15, 0.2) is 53.8 Å². The molecule has 0 aliphatic rings. The number of rotatable bonds is 2. The van der Waals surface area contributed by atoms with Gasteiger partial charge in [-0.15, -0.1) is 25.8 Å². The summed E-state index contributed by atoms with van der Waals surface area (Å²) in [5, 5.41) is 0.513. The first-order chi connectivity index (χ1) is 15.0. The number of aryl methyl sites for hydroxylation is 1. The molecule has 0 aliphatic heterocycles. The van der Waals surface area contributed by atoms with Crippen molar-refractivity contribution < 1.29 is 22.3 Å². The number of aromatic nitrogens is 3. The van der Waals surface area contributed by atoms with Crippen LogP contribution >= 0.6 is 24.2 Å². The number of ether oxygens (including phenoxy) is 1. The van der Waals surface area contributed by atoms with Crippen molar-refractivity contribution in [2.75, 3.05) is 11.5 Å². The zero-order valence-electron chi connectivity index (χ0n) is 16.4. The lowest BCUT2D eigenvalue weighted by Gasteiger charge is -2.09. The van der Waals surface area contributed by atoms with Gasteiger partial charge in [0.25, 0.3) is 0 Å². The highest BCUT2D eigenvalue weighted by Crippen LogP contribution is 2.35. The number of hydrogen-bond donors (Lipinski definition) is 3. The van der Waals surface area contributed by atoms with E-state index in [1.165, 1.54) is 24.5 Å². The highest BCUT2D eigenvalue weighted by Gasteiger charge is 2.31. The summed E-state index contributed by atoms with van der Waals surface area (Å²) in [4.78, 5) is 8.59. The second kappa shape index (κ2) is 9.13. The van der Waals surface area contributed by atoms with Gasteiger partial charge < -0.3 is 20.8 Å². The fraction of sp³-hybridized carbons (Fsp3) is 0.100. The van der Waals surface area contributed by atoms with Crippen LogP contribution in [0.5, 0.6) is 5.75 Å². The fourth-order valence-corrected chi connectivity index (χ4v) is 3.39. The number of alkyl halides is 3. The predicted molar refractivity (Wildman–Crippen MR) is 118 cm³/mol. The molecule has 4 aromatic rings. The van der Waals surface area contributed by atoms with Crippen LogP contribution in [-0.4, -0.2) is 20.9 Å². The van der Waals surface area contributed by atoms with Crippen LogP contribution < -0.4 is 16.2 Å². The minimum absolute atomic E-state index is 0.102. The molecule has 0 fully saturated rings. The summed E-state index contributed by atoms with van der Waals surface area (Å²) < 4.78 is 54.7. The molecule has 0 spiro atoms. The molecule has 6 nitrogen and oxygen atoms in total. The third-order valence-electron chi connectivity index (χ3n) is 4.24. The molecule has 0 saturated carbocycles. The Bertz CT molecular complexity index is 1280. The van der Waals surface area contributed by atoms with Gasteiger partial charge in [0.2, 0.25) is 0 Å². The lowest BCUT2D eigenvalue weighted by atomic mass is 10.0. The summed E-state index contributed by atoms with van der Waals surface area (Å²) in [7, 11) is 1.82. The van der Waals surface area contributed by atoms with E-state index in [0.29, 0.717) is 32.9 Å². The maximum atomic E-state index is 14.1. The van der Waals surface area contributed by atoms with Gasteiger partial charge >= 0.3 is 6.36 Å². The maximum absolute atomic E-state index is 14.1. The molecule has 4 rings (SSSR count). The van der Waals surface area contributed by atoms with Gasteiger partial charge in [-0.3, -0.25) is 0 Å². The standard InChI is InChI=1S/C13H12FN5.C7H4ClF3OS/c1-19-5-8(7-3-2-4-9(15)11(7)14)10-12(16)17-6-18-13(10)19;8-5-3-4(13)1-2-6(5)12-7(9,10)11/h2-6H,15H2,1H3,(H2,16,17,18);1-3,13H. The SMILES string of the molecule is Cn1cc(-c2cccc(N)c2F)c2c(N)ncnc21.FC(F)(F)Oc1ccc(S)cc1Cl. The highest BCUT2D eigenvalue weighted by molar-refractivity contribution is 7.80. The highest BCUT2D eigenvalue weighted by atomic mass is 35.5. The largest absolute Gasteiger partial charge is 0.573 e. The Morgan fingerprint density at radius 1 is 1.09 bits per heavy atom. The van der Waals surface area contributed by atoms with Crippen molar-refractivity contribution in [3.63, 3.8) is 0 Å². The molecule has 0 saturated heterocycles. The zero-order chi connectivity index (χ0) is 23.6. The Labute approximate surface area is 190 Å². The van der Waals surface area contributed by atoms with Crippen molar-refractivity contribution in [1.29, 1.82) is 0 Å². The summed E-state index contributed by atoms with van der Waals surface area (Å²) >= 11 is 9.35. The third-order valence-corrected chi connectivity index (χ3v) is 4.82. The smallest absolute Gasteiger partial charge is 0.404 e. The Morgan fingerprint density at radius 2 is 1.81 bits per heavy atom. The van der Waals surface area contributed by atoms with Crippen molar-refractivity contribution in [3.05, 3.63) is 59.8 Å². The summed E-state index contributed by atoms with van der Waals surface area (Å²) in [5.74, 6) is -0.562. The number of fused-ring (bicyclic) bond motifs is 1. The van der Waals surface area contributed by atoms with E-state index in [1.807, 2.05) is 7.05 Å². The van der Waals surface area contributed by atoms with Crippen LogP contribution in [0, 0.1) is 5.82 Å². The number of benzene rings is 2. The van der Waals surface area contributed by atoms with Gasteiger partial charge in [-0.05, 0) is 24.3 Å². The van der Waals surface area contributed by atoms with E-state index in [1.54, 1.807) is 22.9 Å². The van der Waals surface area contributed by atoms with Crippen molar-refractivity contribution in [1.82, 2.24) is 14.5 Å².